The van der Waals surface area contributed by atoms with E-state index in [0.717, 1.165) is 30.8 Å². The van der Waals surface area contributed by atoms with Gasteiger partial charge >= 0.3 is 0 Å². The highest BCUT2D eigenvalue weighted by Crippen LogP contribution is 2.30. The quantitative estimate of drug-likeness (QED) is 0.939. The van der Waals surface area contributed by atoms with Crippen molar-refractivity contribution >= 4 is 11.6 Å². The van der Waals surface area contributed by atoms with Crippen molar-refractivity contribution in [2.24, 2.45) is 0 Å². The number of aromatic nitrogens is 3. The molecule has 1 N–H and O–H groups in total. The van der Waals surface area contributed by atoms with Crippen LogP contribution in [0.25, 0.3) is 11.4 Å². The number of benzene rings is 1. The molecule has 1 aliphatic rings. The van der Waals surface area contributed by atoms with Crippen molar-refractivity contribution in [1.82, 2.24) is 14.8 Å². The van der Waals surface area contributed by atoms with E-state index in [-0.39, 0.29) is 6.10 Å². The molecule has 1 atom stereocenters. The van der Waals surface area contributed by atoms with Gasteiger partial charge in [0.2, 0.25) is 0 Å². The molecule has 3 rings (SSSR count). The molecule has 1 aliphatic heterocycles. The summed E-state index contributed by atoms with van der Waals surface area (Å²) in [6.45, 7) is 4.64. The maximum absolute atomic E-state index is 10.1. The minimum Gasteiger partial charge on any atom is -0.389 e. The Kier molecular flexibility index (Phi) is 4.21. The van der Waals surface area contributed by atoms with Gasteiger partial charge in [-0.25, -0.2) is 9.67 Å². The largest absolute Gasteiger partial charge is 0.389 e. The fourth-order valence-corrected chi connectivity index (χ4v) is 2.70. The molecule has 1 saturated heterocycles. The summed E-state index contributed by atoms with van der Waals surface area (Å²) >= 11 is 5.93. The molecule has 1 unspecified atom stereocenters. The number of hydrogen-bond acceptors (Lipinski definition) is 4. The highest BCUT2D eigenvalue weighted by Gasteiger charge is 2.27. The van der Waals surface area contributed by atoms with Crippen LogP contribution < -0.4 is 0 Å². The molecule has 1 aromatic heterocycles. The van der Waals surface area contributed by atoms with E-state index in [9.17, 15) is 5.11 Å². The van der Waals surface area contributed by atoms with Crippen LogP contribution in [0.4, 0.5) is 0 Å². The van der Waals surface area contributed by atoms with Gasteiger partial charge in [-0.05, 0) is 51.0 Å². The second kappa shape index (κ2) is 5.99. The summed E-state index contributed by atoms with van der Waals surface area (Å²) in [4.78, 5) is 4.65. The lowest BCUT2D eigenvalue weighted by molar-refractivity contribution is 0.0494. The Bertz CT molecular complexity index is 640. The SMILES string of the molecule is CC(C)(O)Cn1nc(-c2ccc(Cl)cc2)nc1C1CCCO1. The molecule has 0 saturated carbocycles. The third kappa shape index (κ3) is 3.48. The average Bonchev–Trinajstić information content (AvgIpc) is 3.06. The maximum Gasteiger partial charge on any atom is 0.181 e. The number of aliphatic hydroxyl groups is 1. The minimum atomic E-state index is -0.863. The molecular weight excluding hydrogens is 302 g/mol. The number of rotatable bonds is 4. The van der Waals surface area contributed by atoms with Crippen molar-refractivity contribution in [2.75, 3.05) is 6.61 Å². The van der Waals surface area contributed by atoms with Crippen molar-refractivity contribution in [3.8, 4) is 11.4 Å². The first-order valence-electron chi connectivity index (χ1n) is 7.47. The zero-order valence-electron chi connectivity index (χ0n) is 12.8. The second-order valence-corrected chi connectivity index (χ2v) is 6.71. The van der Waals surface area contributed by atoms with Crippen molar-refractivity contribution < 1.29 is 9.84 Å². The van der Waals surface area contributed by atoms with Crippen molar-refractivity contribution in [3.05, 3.63) is 35.1 Å². The summed E-state index contributed by atoms with van der Waals surface area (Å²) in [5.74, 6) is 1.41. The molecule has 0 amide bonds. The Morgan fingerprint density at radius 3 is 2.68 bits per heavy atom. The first kappa shape index (κ1) is 15.5. The number of nitrogens with zero attached hydrogens (tertiary/aromatic N) is 3. The van der Waals surface area contributed by atoms with E-state index in [0.29, 0.717) is 17.4 Å². The molecule has 1 aromatic carbocycles. The Morgan fingerprint density at radius 1 is 1.36 bits per heavy atom. The first-order chi connectivity index (χ1) is 10.4. The summed E-state index contributed by atoms with van der Waals surface area (Å²) in [5.41, 5.74) is 0.0383. The van der Waals surface area contributed by atoms with Crippen LogP contribution in [0.2, 0.25) is 5.02 Å². The Labute approximate surface area is 134 Å². The Balaban J connectivity index is 1.97. The van der Waals surface area contributed by atoms with E-state index < -0.39 is 5.60 Å². The highest BCUT2D eigenvalue weighted by atomic mass is 35.5. The maximum atomic E-state index is 10.1. The van der Waals surface area contributed by atoms with Crippen LogP contribution in [0.1, 0.15) is 38.6 Å². The summed E-state index contributed by atoms with van der Waals surface area (Å²) in [6.07, 6.45) is 1.91. The molecular formula is C16H20ClN3O2. The second-order valence-electron chi connectivity index (χ2n) is 6.27. The van der Waals surface area contributed by atoms with Crippen LogP contribution in [0.5, 0.6) is 0 Å². The summed E-state index contributed by atoms with van der Waals surface area (Å²) < 4.78 is 7.50. The van der Waals surface area contributed by atoms with E-state index in [2.05, 4.69) is 10.1 Å². The predicted octanol–water partition coefficient (Wildman–Crippen LogP) is 3.22. The molecule has 118 valence electrons. The molecule has 2 heterocycles. The van der Waals surface area contributed by atoms with Gasteiger partial charge in [0.05, 0.1) is 12.1 Å². The normalized spacial score (nSPS) is 18.8. The van der Waals surface area contributed by atoms with Crippen LogP contribution in [-0.2, 0) is 11.3 Å². The minimum absolute atomic E-state index is 0.0455. The van der Waals surface area contributed by atoms with Crippen molar-refractivity contribution in [2.45, 2.75) is 44.9 Å². The monoisotopic (exact) mass is 321 g/mol. The van der Waals surface area contributed by atoms with Crippen LogP contribution >= 0.6 is 11.6 Å². The zero-order valence-corrected chi connectivity index (χ0v) is 13.5. The van der Waals surface area contributed by atoms with E-state index in [1.165, 1.54) is 0 Å². The number of hydrogen-bond donors (Lipinski definition) is 1. The van der Waals surface area contributed by atoms with E-state index in [1.54, 1.807) is 18.5 Å². The third-order valence-corrected chi connectivity index (χ3v) is 3.81. The topological polar surface area (TPSA) is 60.2 Å². The van der Waals surface area contributed by atoms with Crippen molar-refractivity contribution in [3.63, 3.8) is 0 Å². The molecule has 5 nitrogen and oxygen atoms in total. The lowest BCUT2D eigenvalue weighted by Crippen LogP contribution is -2.28. The van der Waals surface area contributed by atoms with Crippen molar-refractivity contribution in [1.29, 1.82) is 0 Å². The van der Waals surface area contributed by atoms with Gasteiger partial charge in [0, 0.05) is 17.2 Å². The van der Waals surface area contributed by atoms with Crippen LogP contribution in [0, 0.1) is 0 Å². The highest BCUT2D eigenvalue weighted by molar-refractivity contribution is 6.30. The standard InChI is InChI=1S/C16H20ClN3O2/c1-16(2,21)10-20-15(13-4-3-9-22-13)18-14(19-20)11-5-7-12(17)8-6-11/h5-8,13,21H,3-4,9-10H2,1-2H3. The molecule has 1 fully saturated rings. The molecule has 22 heavy (non-hydrogen) atoms. The van der Waals surface area contributed by atoms with Gasteiger partial charge in [-0.2, -0.15) is 5.10 Å². The van der Waals surface area contributed by atoms with E-state index in [4.69, 9.17) is 16.3 Å². The van der Waals surface area contributed by atoms with Gasteiger partial charge in [0.1, 0.15) is 6.10 Å². The molecule has 0 aliphatic carbocycles. The molecule has 2 aromatic rings. The van der Waals surface area contributed by atoms with E-state index >= 15 is 0 Å². The molecule has 6 heteroatoms. The summed E-state index contributed by atoms with van der Waals surface area (Å²) in [6, 6.07) is 7.43. The van der Waals surface area contributed by atoms with Crippen LogP contribution in [0.3, 0.4) is 0 Å². The lowest BCUT2D eigenvalue weighted by atomic mass is 10.1. The Morgan fingerprint density at radius 2 is 2.09 bits per heavy atom. The molecule has 0 spiro atoms. The Hall–Kier alpha value is -1.43. The fraction of sp³-hybridized carbons (Fsp3) is 0.500. The first-order valence-corrected chi connectivity index (χ1v) is 7.85. The van der Waals surface area contributed by atoms with Crippen LogP contribution in [0.15, 0.2) is 24.3 Å². The smallest absolute Gasteiger partial charge is 0.181 e. The van der Waals surface area contributed by atoms with Gasteiger partial charge in [-0.15, -0.1) is 0 Å². The average molecular weight is 322 g/mol. The van der Waals surface area contributed by atoms with Gasteiger partial charge in [-0.1, -0.05) is 11.6 Å². The van der Waals surface area contributed by atoms with Gasteiger partial charge in [0.25, 0.3) is 0 Å². The zero-order chi connectivity index (χ0) is 15.7. The van der Waals surface area contributed by atoms with E-state index in [1.807, 2.05) is 24.3 Å². The molecule has 0 radical (unpaired) electrons. The van der Waals surface area contributed by atoms with Gasteiger partial charge in [0.15, 0.2) is 11.6 Å². The fourth-order valence-electron chi connectivity index (χ4n) is 2.58. The number of halogens is 1. The predicted molar refractivity (Wildman–Crippen MR) is 84.7 cm³/mol. The van der Waals surface area contributed by atoms with Gasteiger partial charge < -0.3 is 9.84 Å². The van der Waals surface area contributed by atoms with Crippen LogP contribution in [-0.4, -0.2) is 32.1 Å². The summed E-state index contributed by atoms with van der Waals surface area (Å²) in [7, 11) is 0. The number of ether oxygens (including phenoxy) is 1. The summed E-state index contributed by atoms with van der Waals surface area (Å²) in [5, 5.41) is 15.3. The third-order valence-electron chi connectivity index (χ3n) is 3.56. The molecule has 0 bridgehead atoms. The van der Waals surface area contributed by atoms with Gasteiger partial charge in [-0.3, -0.25) is 0 Å². The lowest BCUT2D eigenvalue weighted by Gasteiger charge is -2.19.